The molecule has 1 aliphatic heterocycles. The van der Waals surface area contributed by atoms with E-state index in [9.17, 15) is 9.32 Å². The number of aromatic nitrogens is 4. The maximum Gasteiger partial charge on any atom is 0.223 e. The Hall–Kier alpha value is -2.14. The molecule has 1 aliphatic rings. The van der Waals surface area contributed by atoms with E-state index >= 15 is 4.39 Å². The Morgan fingerprint density at radius 2 is 1.79 bits per heavy atom. The van der Waals surface area contributed by atoms with Crippen molar-refractivity contribution in [3.63, 3.8) is 0 Å². The predicted octanol–water partition coefficient (Wildman–Crippen LogP) is 6.07. The number of nitrogens with zero attached hydrogens (tertiary/aromatic N) is 5. The lowest BCUT2D eigenvalue weighted by atomic mass is 10.1. The molecular weight excluding hydrogens is 527 g/mol. The molecule has 0 radical (unpaired) electrons. The molecule has 0 spiro atoms. The standard InChI is InChI=1S/C25H34ClFN6O2S.C2H6/c1-14(2)33-20-12-16(11-19(27)22(20)30-23(33)25(5,6)34)21-18(26)13-28-24(31-21)29-17-7-9-32(10-8-17)36(35)15(3)4;1-2/h11-15,17,34H,7-10H2,1-6H3,(H,28,29,31);1-2H3. The van der Waals surface area contributed by atoms with E-state index < -0.39 is 22.4 Å². The maximum absolute atomic E-state index is 15.3. The minimum absolute atomic E-state index is 0.0555. The van der Waals surface area contributed by atoms with Crippen LogP contribution in [0.25, 0.3) is 22.3 Å². The van der Waals surface area contributed by atoms with Gasteiger partial charge in [0, 0.05) is 36.0 Å². The number of hydrogen-bond acceptors (Lipinski definition) is 6. The molecule has 11 heteroatoms. The zero-order chi connectivity index (χ0) is 28.4. The van der Waals surface area contributed by atoms with Gasteiger partial charge in [-0.1, -0.05) is 25.4 Å². The molecule has 1 fully saturated rings. The number of nitrogens with one attached hydrogen (secondary N) is 1. The Bertz CT molecular complexity index is 1280. The summed E-state index contributed by atoms with van der Waals surface area (Å²) in [5, 5.41) is 14.4. The number of benzene rings is 1. The summed E-state index contributed by atoms with van der Waals surface area (Å²) in [5.74, 6) is 0.291. The zero-order valence-electron chi connectivity index (χ0n) is 23.5. The average molecular weight is 567 g/mol. The molecule has 0 saturated carbocycles. The van der Waals surface area contributed by atoms with Crippen molar-refractivity contribution in [1.82, 2.24) is 23.8 Å². The Morgan fingerprint density at radius 3 is 2.34 bits per heavy atom. The topological polar surface area (TPSA) is 96.2 Å². The molecule has 0 aliphatic carbocycles. The molecule has 8 nitrogen and oxygen atoms in total. The van der Waals surface area contributed by atoms with Crippen LogP contribution in [0.15, 0.2) is 18.3 Å². The monoisotopic (exact) mass is 566 g/mol. The van der Waals surface area contributed by atoms with Crippen LogP contribution in [-0.2, 0) is 16.6 Å². The normalized spacial score (nSPS) is 16.1. The fraction of sp³-hybridized carbons (Fsp3) is 0.593. The first-order valence-corrected chi connectivity index (χ1v) is 14.8. The van der Waals surface area contributed by atoms with Crippen LogP contribution in [0.4, 0.5) is 10.3 Å². The van der Waals surface area contributed by atoms with E-state index in [1.807, 2.05) is 50.4 Å². The van der Waals surface area contributed by atoms with Crippen molar-refractivity contribution in [3.8, 4) is 11.3 Å². The van der Waals surface area contributed by atoms with E-state index in [0.29, 0.717) is 33.6 Å². The number of anilines is 1. The molecule has 0 bridgehead atoms. The summed E-state index contributed by atoms with van der Waals surface area (Å²) in [4.78, 5) is 13.4. The molecule has 1 unspecified atom stereocenters. The van der Waals surface area contributed by atoms with Crippen LogP contribution in [0, 0.1) is 5.82 Å². The molecule has 2 N–H and O–H groups in total. The second-order valence-corrected chi connectivity index (χ2v) is 12.8. The molecule has 3 aromatic rings. The number of fused-ring (bicyclic) bond motifs is 1. The molecule has 3 heterocycles. The fourth-order valence-corrected chi connectivity index (χ4v) is 5.91. The Labute approximate surface area is 232 Å². The van der Waals surface area contributed by atoms with Gasteiger partial charge < -0.3 is 15.0 Å². The van der Waals surface area contributed by atoms with Crippen LogP contribution < -0.4 is 5.32 Å². The average Bonchev–Trinajstić information content (AvgIpc) is 3.28. The largest absolute Gasteiger partial charge is 0.383 e. The van der Waals surface area contributed by atoms with E-state index in [4.69, 9.17) is 11.6 Å². The fourth-order valence-electron chi connectivity index (χ4n) is 4.54. The lowest BCUT2D eigenvalue weighted by molar-refractivity contribution is 0.0641. The van der Waals surface area contributed by atoms with Gasteiger partial charge in [0.25, 0.3) is 0 Å². The first kappa shape index (κ1) is 30.4. The van der Waals surface area contributed by atoms with Crippen LogP contribution in [-0.4, -0.2) is 57.5 Å². The van der Waals surface area contributed by atoms with E-state index in [-0.39, 0.29) is 22.9 Å². The number of imidazole rings is 1. The quantitative estimate of drug-likeness (QED) is 0.360. The van der Waals surface area contributed by atoms with Crippen molar-refractivity contribution in [2.75, 3.05) is 18.4 Å². The zero-order valence-corrected chi connectivity index (χ0v) is 25.1. The van der Waals surface area contributed by atoms with Gasteiger partial charge in [0.05, 0.1) is 33.4 Å². The summed E-state index contributed by atoms with van der Waals surface area (Å²) in [6.45, 7) is 16.6. The number of rotatable bonds is 7. The molecule has 1 atom stereocenters. The smallest absolute Gasteiger partial charge is 0.223 e. The maximum atomic E-state index is 15.3. The second-order valence-electron chi connectivity index (χ2n) is 10.3. The van der Waals surface area contributed by atoms with E-state index in [0.717, 1.165) is 25.9 Å². The second kappa shape index (κ2) is 12.4. The predicted molar refractivity (Wildman–Crippen MR) is 154 cm³/mol. The summed E-state index contributed by atoms with van der Waals surface area (Å²) in [6.07, 6.45) is 3.14. The Balaban J connectivity index is 0.00000195. The first-order chi connectivity index (χ1) is 17.9. The van der Waals surface area contributed by atoms with Gasteiger partial charge in [0.1, 0.15) is 16.9 Å². The third-order valence-corrected chi connectivity index (χ3v) is 8.23. The number of halogens is 2. The van der Waals surface area contributed by atoms with E-state index in [1.54, 1.807) is 19.9 Å². The van der Waals surface area contributed by atoms with Crippen LogP contribution in [0.5, 0.6) is 0 Å². The Kier molecular flexibility index (Phi) is 9.89. The molecule has 1 aromatic carbocycles. The lowest BCUT2D eigenvalue weighted by Crippen LogP contribution is -2.42. The van der Waals surface area contributed by atoms with E-state index in [1.165, 1.54) is 12.3 Å². The SMILES string of the molecule is CC.CC(C)n1c(C(C)(C)O)nc2c(F)cc(-c3nc(NC4CCN(S(=O)C(C)C)CC4)ncc3Cl)cc21. The summed E-state index contributed by atoms with van der Waals surface area (Å²) in [7, 11) is -0.976. The third kappa shape index (κ3) is 6.52. The molecular formula is C27H40ClFN6O2S. The van der Waals surface area contributed by atoms with Crippen LogP contribution in [0.1, 0.15) is 80.1 Å². The minimum Gasteiger partial charge on any atom is -0.383 e. The lowest BCUT2D eigenvalue weighted by Gasteiger charge is -2.32. The highest BCUT2D eigenvalue weighted by Gasteiger charge is 2.28. The molecule has 0 amide bonds. The van der Waals surface area contributed by atoms with Crippen molar-refractivity contribution in [1.29, 1.82) is 0 Å². The highest BCUT2D eigenvalue weighted by atomic mass is 35.5. The van der Waals surface area contributed by atoms with Gasteiger partial charge in [-0.25, -0.2) is 27.9 Å². The first-order valence-electron chi connectivity index (χ1n) is 13.3. The molecule has 1 saturated heterocycles. The molecule has 38 heavy (non-hydrogen) atoms. The molecule has 210 valence electrons. The number of hydrogen-bond donors (Lipinski definition) is 2. The van der Waals surface area contributed by atoms with Gasteiger partial charge in [-0.05, 0) is 66.5 Å². The Morgan fingerprint density at radius 1 is 1.16 bits per heavy atom. The van der Waals surface area contributed by atoms with Crippen molar-refractivity contribution >= 4 is 39.6 Å². The summed E-state index contributed by atoms with van der Waals surface area (Å²) >= 11 is 6.46. The van der Waals surface area contributed by atoms with Gasteiger partial charge in [0.2, 0.25) is 5.95 Å². The third-order valence-electron chi connectivity index (χ3n) is 6.27. The van der Waals surface area contributed by atoms with E-state index in [2.05, 4.69) is 20.3 Å². The van der Waals surface area contributed by atoms with Gasteiger partial charge in [-0.2, -0.15) is 0 Å². The van der Waals surface area contributed by atoms with Gasteiger partial charge in [-0.3, -0.25) is 0 Å². The van der Waals surface area contributed by atoms with Crippen molar-refractivity contribution in [2.24, 2.45) is 0 Å². The van der Waals surface area contributed by atoms with Crippen molar-refractivity contribution < 1.29 is 13.7 Å². The van der Waals surface area contributed by atoms with Crippen LogP contribution >= 0.6 is 11.6 Å². The summed E-state index contributed by atoms with van der Waals surface area (Å²) < 4.78 is 31.5. The van der Waals surface area contributed by atoms with Gasteiger partial charge in [0.15, 0.2) is 5.82 Å². The van der Waals surface area contributed by atoms with Crippen LogP contribution in [0.3, 0.4) is 0 Å². The minimum atomic E-state index is -1.24. The highest BCUT2D eigenvalue weighted by molar-refractivity contribution is 7.83. The van der Waals surface area contributed by atoms with Gasteiger partial charge in [-0.15, -0.1) is 0 Å². The van der Waals surface area contributed by atoms with Gasteiger partial charge >= 0.3 is 0 Å². The number of aliphatic hydroxyl groups is 1. The highest BCUT2D eigenvalue weighted by Crippen LogP contribution is 2.34. The summed E-state index contributed by atoms with van der Waals surface area (Å²) in [5.41, 5.74) is 0.429. The van der Waals surface area contributed by atoms with Crippen molar-refractivity contribution in [2.45, 2.75) is 91.2 Å². The summed E-state index contributed by atoms with van der Waals surface area (Å²) in [6, 6.07) is 3.25. The molecule has 2 aromatic heterocycles. The van der Waals surface area contributed by atoms with Crippen LogP contribution in [0.2, 0.25) is 5.02 Å². The molecule has 4 rings (SSSR count). The number of piperidine rings is 1. The van der Waals surface area contributed by atoms with Crippen molar-refractivity contribution in [3.05, 3.63) is 35.0 Å².